The van der Waals surface area contributed by atoms with Gasteiger partial charge in [-0.05, 0) is 25.1 Å². The van der Waals surface area contributed by atoms with Gasteiger partial charge in [0.15, 0.2) is 5.69 Å². The third-order valence-electron chi connectivity index (χ3n) is 4.02. The zero-order chi connectivity index (χ0) is 15.1. The number of aromatic nitrogens is 4. The molecule has 106 valence electrons. The first-order valence-electron chi connectivity index (χ1n) is 7.15. The highest BCUT2D eigenvalue weighted by molar-refractivity contribution is 6.09. The lowest BCUT2D eigenvalue weighted by Gasteiger charge is -2.03. The van der Waals surface area contributed by atoms with E-state index in [0.717, 1.165) is 12.1 Å². The van der Waals surface area contributed by atoms with Gasteiger partial charge in [-0.1, -0.05) is 24.3 Å². The second kappa shape index (κ2) is 4.71. The van der Waals surface area contributed by atoms with Crippen LogP contribution in [-0.4, -0.2) is 20.0 Å². The summed E-state index contributed by atoms with van der Waals surface area (Å²) in [6, 6.07) is 16.6. The van der Waals surface area contributed by atoms with E-state index in [1.165, 1.54) is 21.8 Å². The number of hydrogen-bond acceptors (Lipinski definition) is 3. The summed E-state index contributed by atoms with van der Waals surface area (Å²) in [7, 11) is 0. The SMILES string of the molecule is CCn1c2ccccc2c2cc(-c3n[nH]nc3C#N)ccc21. The molecule has 2 aromatic heterocycles. The predicted octanol–water partition coefficient (Wildman–Crippen LogP) is 3.47. The topological polar surface area (TPSA) is 70.3 Å². The monoisotopic (exact) mass is 287 g/mol. The molecule has 0 saturated heterocycles. The van der Waals surface area contributed by atoms with E-state index in [4.69, 9.17) is 5.26 Å². The second-order valence-electron chi connectivity index (χ2n) is 5.13. The number of hydrogen-bond donors (Lipinski definition) is 1. The van der Waals surface area contributed by atoms with Gasteiger partial charge in [-0.3, -0.25) is 0 Å². The minimum absolute atomic E-state index is 0.318. The fraction of sp³-hybridized carbons (Fsp3) is 0.118. The molecule has 0 radical (unpaired) electrons. The van der Waals surface area contributed by atoms with E-state index in [0.29, 0.717) is 11.4 Å². The van der Waals surface area contributed by atoms with Crippen LogP contribution >= 0.6 is 0 Å². The Morgan fingerprint density at radius 2 is 1.91 bits per heavy atom. The van der Waals surface area contributed by atoms with Gasteiger partial charge >= 0.3 is 0 Å². The van der Waals surface area contributed by atoms with Crippen LogP contribution in [0, 0.1) is 11.3 Å². The molecule has 5 nitrogen and oxygen atoms in total. The Hall–Kier alpha value is -3.13. The quantitative estimate of drug-likeness (QED) is 0.613. The molecule has 2 aromatic carbocycles. The van der Waals surface area contributed by atoms with Crippen LogP contribution in [0.15, 0.2) is 42.5 Å². The fourth-order valence-corrected chi connectivity index (χ4v) is 3.05. The number of para-hydroxylation sites is 1. The molecule has 0 saturated carbocycles. The first-order chi connectivity index (χ1) is 10.8. The number of benzene rings is 2. The standard InChI is InChI=1S/C17H13N5/c1-2-22-15-6-4-3-5-12(15)13-9-11(7-8-16(13)22)17-14(10-18)19-21-20-17/h3-9H,2H2,1H3,(H,19,20,21). The van der Waals surface area contributed by atoms with Crippen molar-refractivity contribution >= 4 is 21.8 Å². The van der Waals surface area contributed by atoms with Crippen molar-refractivity contribution in [3.8, 4) is 17.3 Å². The van der Waals surface area contributed by atoms with Crippen molar-refractivity contribution in [3.05, 3.63) is 48.2 Å². The molecule has 4 rings (SSSR count). The van der Waals surface area contributed by atoms with Crippen LogP contribution in [0.3, 0.4) is 0 Å². The third-order valence-corrected chi connectivity index (χ3v) is 4.02. The highest BCUT2D eigenvalue weighted by atomic mass is 15.3. The van der Waals surface area contributed by atoms with Gasteiger partial charge in [0, 0.05) is 33.9 Å². The summed E-state index contributed by atoms with van der Waals surface area (Å²) in [5.41, 5.74) is 4.22. The Balaban J connectivity index is 2.06. The molecule has 0 atom stereocenters. The van der Waals surface area contributed by atoms with E-state index in [-0.39, 0.29) is 0 Å². The lowest BCUT2D eigenvalue weighted by atomic mass is 10.1. The van der Waals surface area contributed by atoms with Crippen LogP contribution in [0.5, 0.6) is 0 Å². The molecular weight excluding hydrogens is 274 g/mol. The predicted molar refractivity (Wildman–Crippen MR) is 85.2 cm³/mol. The van der Waals surface area contributed by atoms with Gasteiger partial charge in [-0.15, -0.1) is 5.10 Å². The van der Waals surface area contributed by atoms with Crippen molar-refractivity contribution in [1.29, 1.82) is 5.26 Å². The lowest BCUT2D eigenvalue weighted by molar-refractivity contribution is 0.827. The number of rotatable bonds is 2. The number of aromatic amines is 1. The zero-order valence-corrected chi connectivity index (χ0v) is 12.0. The molecule has 0 unspecified atom stereocenters. The average Bonchev–Trinajstić information content (AvgIpc) is 3.16. The summed E-state index contributed by atoms with van der Waals surface area (Å²) >= 11 is 0. The zero-order valence-electron chi connectivity index (χ0n) is 12.0. The lowest BCUT2D eigenvalue weighted by Crippen LogP contribution is -1.92. The summed E-state index contributed by atoms with van der Waals surface area (Å²) < 4.78 is 2.29. The van der Waals surface area contributed by atoms with Gasteiger partial charge < -0.3 is 4.57 Å². The van der Waals surface area contributed by atoms with Gasteiger partial charge in [0.25, 0.3) is 0 Å². The summed E-state index contributed by atoms with van der Waals surface area (Å²) in [5, 5.41) is 22.0. The fourth-order valence-electron chi connectivity index (χ4n) is 3.05. The van der Waals surface area contributed by atoms with Crippen molar-refractivity contribution in [2.75, 3.05) is 0 Å². The highest BCUT2D eigenvalue weighted by Gasteiger charge is 2.14. The molecule has 0 fully saturated rings. The van der Waals surface area contributed by atoms with Crippen LogP contribution in [0.25, 0.3) is 33.1 Å². The normalized spacial score (nSPS) is 11.1. The maximum Gasteiger partial charge on any atom is 0.190 e. The van der Waals surface area contributed by atoms with Gasteiger partial charge in [0.2, 0.25) is 0 Å². The highest BCUT2D eigenvalue weighted by Crippen LogP contribution is 2.32. The Kier molecular flexibility index (Phi) is 2.70. The summed E-state index contributed by atoms with van der Waals surface area (Å²) in [6.45, 7) is 3.06. The molecule has 0 aliphatic carbocycles. The molecule has 22 heavy (non-hydrogen) atoms. The minimum Gasteiger partial charge on any atom is -0.341 e. The largest absolute Gasteiger partial charge is 0.341 e. The third kappa shape index (κ3) is 1.64. The van der Waals surface area contributed by atoms with Gasteiger partial charge in [0.1, 0.15) is 11.8 Å². The van der Waals surface area contributed by atoms with E-state index >= 15 is 0 Å². The van der Waals surface area contributed by atoms with Gasteiger partial charge in [0.05, 0.1) is 0 Å². The van der Waals surface area contributed by atoms with Crippen molar-refractivity contribution in [2.45, 2.75) is 13.5 Å². The number of fused-ring (bicyclic) bond motifs is 3. The molecular formula is C17H13N5. The molecule has 0 bridgehead atoms. The molecule has 4 aromatic rings. The maximum absolute atomic E-state index is 9.12. The van der Waals surface area contributed by atoms with Crippen LogP contribution in [0.1, 0.15) is 12.6 Å². The number of nitriles is 1. The van der Waals surface area contributed by atoms with Gasteiger partial charge in [-0.2, -0.15) is 15.6 Å². The number of nitrogens with zero attached hydrogens (tertiary/aromatic N) is 4. The Morgan fingerprint density at radius 1 is 1.09 bits per heavy atom. The molecule has 2 heterocycles. The molecule has 5 heteroatoms. The summed E-state index contributed by atoms with van der Waals surface area (Å²) in [5.74, 6) is 0. The molecule has 0 aliphatic rings. The summed E-state index contributed by atoms with van der Waals surface area (Å²) in [6.07, 6.45) is 0. The second-order valence-corrected chi connectivity index (χ2v) is 5.13. The van der Waals surface area contributed by atoms with Crippen LogP contribution in [0.2, 0.25) is 0 Å². The van der Waals surface area contributed by atoms with Crippen LogP contribution in [-0.2, 0) is 6.54 Å². The summed E-state index contributed by atoms with van der Waals surface area (Å²) in [4.78, 5) is 0. The first-order valence-corrected chi connectivity index (χ1v) is 7.15. The number of nitrogens with one attached hydrogen (secondary N) is 1. The van der Waals surface area contributed by atoms with Crippen molar-refractivity contribution in [2.24, 2.45) is 0 Å². The Bertz CT molecular complexity index is 1030. The minimum atomic E-state index is 0.318. The number of aryl methyl sites for hydroxylation is 1. The van der Waals surface area contributed by atoms with Crippen LogP contribution < -0.4 is 0 Å². The molecule has 0 spiro atoms. The molecule has 0 amide bonds. The van der Waals surface area contributed by atoms with E-state index < -0.39 is 0 Å². The smallest absolute Gasteiger partial charge is 0.190 e. The van der Waals surface area contributed by atoms with Crippen molar-refractivity contribution in [3.63, 3.8) is 0 Å². The van der Waals surface area contributed by atoms with E-state index in [9.17, 15) is 0 Å². The van der Waals surface area contributed by atoms with Crippen molar-refractivity contribution < 1.29 is 0 Å². The molecule has 1 N–H and O–H groups in total. The number of H-pyrrole nitrogens is 1. The average molecular weight is 287 g/mol. The van der Waals surface area contributed by atoms with E-state index in [1.54, 1.807) is 0 Å². The Morgan fingerprint density at radius 3 is 2.73 bits per heavy atom. The first kappa shape index (κ1) is 12.6. The van der Waals surface area contributed by atoms with Crippen molar-refractivity contribution in [1.82, 2.24) is 20.0 Å². The van der Waals surface area contributed by atoms with Gasteiger partial charge in [-0.25, -0.2) is 0 Å². The van der Waals surface area contributed by atoms with Crippen LogP contribution in [0.4, 0.5) is 0 Å². The van der Waals surface area contributed by atoms with E-state index in [1.807, 2.05) is 12.1 Å². The maximum atomic E-state index is 9.12. The Labute approximate surface area is 126 Å². The molecule has 0 aliphatic heterocycles. The van der Waals surface area contributed by atoms with E-state index in [2.05, 4.69) is 63.3 Å².